The van der Waals surface area contributed by atoms with Crippen molar-refractivity contribution >= 4 is 23.4 Å². The van der Waals surface area contributed by atoms with E-state index in [-0.39, 0.29) is 18.2 Å². The zero-order valence-electron chi connectivity index (χ0n) is 17.0. The first-order valence-corrected chi connectivity index (χ1v) is 10.1. The maximum atomic E-state index is 12.9. The average Bonchev–Trinajstić information content (AvgIpc) is 3.21. The first-order valence-electron chi connectivity index (χ1n) is 10.1. The largest absolute Gasteiger partial charge is 0.481 e. The number of nitrogens with zero attached hydrogens (tertiary/aromatic N) is 4. The highest BCUT2D eigenvalue weighted by molar-refractivity contribution is 5.96. The quantitative estimate of drug-likeness (QED) is 0.410. The number of nitrogens with two attached hydrogens (primary N) is 1. The Morgan fingerprint density at radius 1 is 1.06 bits per heavy atom. The number of imidazole rings is 1. The van der Waals surface area contributed by atoms with Crippen LogP contribution in [-0.4, -0.2) is 74.7 Å². The summed E-state index contributed by atoms with van der Waals surface area (Å²) in [4.78, 5) is 32.2. The molecule has 1 aliphatic rings. The van der Waals surface area contributed by atoms with Crippen molar-refractivity contribution in [3.8, 4) is 11.3 Å². The molecule has 3 heterocycles. The summed E-state index contributed by atoms with van der Waals surface area (Å²) in [5.41, 5.74) is 9.09. The Balaban J connectivity index is 1.46. The SMILES string of the molecule is N=C(N)c1ccc(-c2cn3ccc(C(=O)N4CCN(CCC(=O)O)CC4)cc3n2)cc1. The zero-order chi connectivity index (χ0) is 22.0. The van der Waals surface area contributed by atoms with Gasteiger partial charge < -0.3 is 20.1 Å². The van der Waals surface area contributed by atoms with E-state index in [0.717, 1.165) is 11.3 Å². The molecular formula is C22H24N6O3. The molecule has 31 heavy (non-hydrogen) atoms. The predicted octanol–water partition coefficient (Wildman–Crippen LogP) is 1.52. The molecule has 1 saturated heterocycles. The summed E-state index contributed by atoms with van der Waals surface area (Å²) in [6, 6.07) is 10.9. The van der Waals surface area contributed by atoms with E-state index in [1.54, 1.807) is 29.2 Å². The van der Waals surface area contributed by atoms with E-state index in [1.807, 2.05) is 28.9 Å². The fourth-order valence-corrected chi connectivity index (χ4v) is 3.69. The maximum absolute atomic E-state index is 12.9. The van der Waals surface area contributed by atoms with Crippen LogP contribution in [0.15, 0.2) is 48.8 Å². The summed E-state index contributed by atoms with van der Waals surface area (Å²) in [5, 5.41) is 16.3. The summed E-state index contributed by atoms with van der Waals surface area (Å²) in [6.07, 6.45) is 3.84. The van der Waals surface area contributed by atoms with Crippen LogP contribution in [0.1, 0.15) is 22.3 Å². The highest BCUT2D eigenvalue weighted by Crippen LogP contribution is 2.21. The Labute approximate surface area is 179 Å². The van der Waals surface area contributed by atoms with E-state index in [1.165, 1.54) is 0 Å². The second kappa shape index (κ2) is 8.57. The van der Waals surface area contributed by atoms with Crippen molar-refractivity contribution in [1.82, 2.24) is 19.2 Å². The van der Waals surface area contributed by atoms with Gasteiger partial charge in [-0.3, -0.25) is 19.9 Å². The molecule has 1 fully saturated rings. The van der Waals surface area contributed by atoms with Crippen LogP contribution in [0.3, 0.4) is 0 Å². The van der Waals surface area contributed by atoms with Crippen LogP contribution in [0, 0.1) is 5.41 Å². The minimum atomic E-state index is -0.805. The summed E-state index contributed by atoms with van der Waals surface area (Å²) in [6.45, 7) is 3.00. The zero-order valence-corrected chi connectivity index (χ0v) is 17.0. The van der Waals surface area contributed by atoms with Gasteiger partial charge in [0.2, 0.25) is 0 Å². The Morgan fingerprint density at radius 3 is 2.42 bits per heavy atom. The number of nitrogen functional groups attached to an aromatic ring is 1. The van der Waals surface area contributed by atoms with E-state index < -0.39 is 5.97 Å². The summed E-state index contributed by atoms with van der Waals surface area (Å²) in [5.74, 6) is -0.830. The third kappa shape index (κ3) is 4.56. The normalized spacial score (nSPS) is 14.6. The number of rotatable bonds is 6. The lowest BCUT2D eigenvalue weighted by atomic mass is 10.1. The summed E-state index contributed by atoms with van der Waals surface area (Å²) in [7, 11) is 0. The number of aliphatic carboxylic acids is 1. The smallest absolute Gasteiger partial charge is 0.304 e. The van der Waals surface area contributed by atoms with Crippen LogP contribution in [0.5, 0.6) is 0 Å². The lowest BCUT2D eigenvalue weighted by Crippen LogP contribution is -2.49. The van der Waals surface area contributed by atoms with Crippen LogP contribution in [0.2, 0.25) is 0 Å². The van der Waals surface area contributed by atoms with Crippen LogP contribution >= 0.6 is 0 Å². The molecule has 0 saturated carbocycles. The molecule has 0 aliphatic carbocycles. The van der Waals surface area contributed by atoms with Crippen LogP contribution in [0.4, 0.5) is 0 Å². The number of carboxylic acid groups (broad SMARTS) is 1. The molecule has 1 aromatic carbocycles. The number of carboxylic acids is 1. The average molecular weight is 420 g/mol. The van der Waals surface area contributed by atoms with E-state index in [2.05, 4.69) is 9.88 Å². The Bertz CT molecular complexity index is 1130. The Kier molecular flexibility index (Phi) is 5.68. The number of carbonyl (C=O) groups excluding carboxylic acids is 1. The molecule has 4 N–H and O–H groups in total. The fourth-order valence-electron chi connectivity index (χ4n) is 3.69. The molecule has 0 unspecified atom stereocenters. The highest BCUT2D eigenvalue weighted by atomic mass is 16.4. The molecule has 3 aromatic rings. The number of fused-ring (bicyclic) bond motifs is 1. The minimum absolute atomic E-state index is 0.0208. The Hall–Kier alpha value is -3.72. The molecule has 0 atom stereocenters. The molecule has 0 bridgehead atoms. The first-order chi connectivity index (χ1) is 14.9. The number of pyridine rings is 1. The molecule has 1 aliphatic heterocycles. The fraction of sp³-hybridized carbons (Fsp3) is 0.273. The lowest BCUT2D eigenvalue weighted by Gasteiger charge is -2.34. The molecule has 9 nitrogen and oxygen atoms in total. The van der Waals surface area contributed by atoms with Crippen molar-refractivity contribution in [3.05, 3.63) is 59.9 Å². The van der Waals surface area contributed by atoms with Gasteiger partial charge in [-0.05, 0) is 12.1 Å². The van der Waals surface area contributed by atoms with Crippen LogP contribution < -0.4 is 5.73 Å². The molecule has 160 valence electrons. The standard InChI is InChI=1S/C22H24N6O3/c23-21(24)16-3-1-15(2-4-16)18-14-28-8-5-17(13-19(28)25-18)22(31)27-11-9-26(10-12-27)7-6-20(29)30/h1-5,8,13-14H,6-7,9-12H2,(H3,23,24)(H,29,30). The number of amides is 1. The lowest BCUT2D eigenvalue weighted by molar-refractivity contribution is -0.137. The van der Waals surface area contributed by atoms with Gasteiger partial charge in [0.15, 0.2) is 0 Å². The predicted molar refractivity (Wildman–Crippen MR) is 116 cm³/mol. The second-order valence-corrected chi connectivity index (χ2v) is 7.58. The molecule has 1 amide bonds. The number of hydrogen-bond donors (Lipinski definition) is 3. The molecule has 4 rings (SSSR count). The second-order valence-electron chi connectivity index (χ2n) is 7.58. The number of hydrogen-bond acceptors (Lipinski definition) is 5. The number of amidine groups is 1. The number of piperazine rings is 1. The number of aromatic nitrogens is 2. The van der Waals surface area contributed by atoms with Gasteiger partial charge >= 0.3 is 5.97 Å². The van der Waals surface area contributed by atoms with Gasteiger partial charge in [-0.2, -0.15) is 0 Å². The van der Waals surface area contributed by atoms with Gasteiger partial charge in [-0.15, -0.1) is 0 Å². The van der Waals surface area contributed by atoms with E-state index in [0.29, 0.717) is 49.5 Å². The monoisotopic (exact) mass is 420 g/mol. The topological polar surface area (TPSA) is 128 Å². The molecule has 0 spiro atoms. The summed E-state index contributed by atoms with van der Waals surface area (Å²) < 4.78 is 1.87. The van der Waals surface area contributed by atoms with E-state index >= 15 is 0 Å². The van der Waals surface area contributed by atoms with Gasteiger partial charge in [0.05, 0.1) is 12.1 Å². The van der Waals surface area contributed by atoms with Crippen molar-refractivity contribution in [2.75, 3.05) is 32.7 Å². The first kappa shape index (κ1) is 20.5. The van der Waals surface area contributed by atoms with Gasteiger partial charge in [0.1, 0.15) is 11.5 Å². The van der Waals surface area contributed by atoms with Gasteiger partial charge in [-0.25, -0.2) is 4.98 Å². The van der Waals surface area contributed by atoms with Gasteiger partial charge in [0, 0.05) is 61.8 Å². The minimum Gasteiger partial charge on any atom is -0.481 e. The molecule has 2 aromatic heterocycles. The molecule has 9 heteroatoms. The van der Waals surface area contributed by atoms with Crippen molar-refractivity contribution in [1.29, 1.82) is 5.41 Å². The number of nitrogens with one attached hydrogen (secondary N) is 1. The number of benzene rings is 1. The molecule has 0 radical (unpaired) electrons. The van der Waals surface area contributed by atoms with Gasteiger partial charge in [-0.1, -0.05) is 24.3 Å². The van der Waals surface area contributed by atoms with Crippen molar-refractivity contribution in [3.63, 3.8) is 0 Å². The van der Waals surface area contributed by atoms with E-state index in [9.17, 15) is 9.59 Å². The number of carbonyl (C=O) groups is 2. The van der Waals surface area contributed by atoms with Crippen molar-refractivity contribution in [2.45, 2.75) is 6.42 Å². The van der Waals surface area contributed by atoms with Crippen molar-refractivity contribution < 1.29 is 14.7 Å². The Morgan fingerprint density at radius 2 is 1.77 bits per heavy atom. The summed E-state index contributed by atoms with van der Waals surface area (Å²) >= 11 is 0. The third-order valence-electron chi connectivity index (χ3n) is 5.50. The van der Waals surface area contributed by atoms with Crippen LogP contribution in [-0.2, 0) is 4.79 Å². The third-order valence-corrected chi connectivity index (χ3v) is 5.50. The van der Waals surface area contributed by atoms with Crippen molar-refractivity contribution in [2.24, 2.45) is 5.73 Å². The van der Waals surface area contributed by atoms with Gasteiger partial charge in [0.25, 0.3) is 5.91 Å². The van der Waals surface area contributed by atoms with E-state index in [4.69, 9.17) is 16.2 Å². The highest BCUT2D eigenvalue weighted by Gasteiger charge is 2.22. The maximum Gasteiger partial charge on any atom is 0.304 e. The molecular weight excluding hydrogens is 396 g/mol. The van der Waals surface area contributed by atoms with Crippen LogP contribution in [0.25, 0.3) is 16.9 Å².